The average Bonchev–Trinajstić information content (AvgIpc) is 2.35. The smallest absolute Gasteiger partial charge is 0.302 e. The Kier molecular flexibility index (Phi) is 10.0. The molecule has 0 aliphatic rings. The molecular formula is C16H18O2. The lowest BCUT2D eigenvalue weighted by molar-refractivity contribution is -0.146. The van der Waals surface area contributed by atoms with Crippen molar-refractivity contribution < 1.29 is 9.53 Å². The van der Waals surface area contributed by atoms with E-state index >= 15 is 0 Å². The number of hydrogen-bond donors (Lipinski definition) is 0. The van der Waals surface area contributed by atoms with E-state index in [1.165, 1.54) is 6.92 Å². The van der Waals surface area contributed by atoms with Crippen LogP contribution in [0.4, 0.5) is 0 Å². The summed E-state index contributed by atoms with van der Waals surface area (Å²) in [4.78, 5) is 10.8. The van der Waals surface area contributed by atoms with Crippen molar-refractivity contribution in [3.63, 3.8) is 0 Å². The van der Waals surface area contributed by atoms with E-state index < -0.39 is 0 Å². The second-order valence-electron chi connectivity index (χ2n) is 3.51. The lowest BCUT2D eigenvalue weighted by Gasteiger charge is -2.13. The van der Waals surface area contributed by atoms with Gasteiger partial charge in [0.25, 0.3) is 0 Å². The molecule has 2 nitrogen and oxygen atoms in total. The van der Waals surface area contributed by atoms with Crippen LogP contribution < -0.4 is 0 Å². The van der Waals surface area contributed by atoms with Gasteiger partial charge in [0.1, 0.15) is 6.10 Å². The molecule has 0 saturated heterocycles. The molecule has 0 radical (unpaired) electrons. The van der Waals surface area contributed by atoms with Crippen LogP contribution in [0.1, 0.15) is 40.0 Å². The number of rotatable bonds is 5. The molecule has 94 valence electrons. The molecule has 0 unspecified atom stereocenters. The van der Waals surface area contributed by atoms with E-state index in [0.717, 1.165) is 19.3 Å². The standard InChI is InChI=1S/C16H18O2/c1-4-6-7-8-9-10-11-12-13-14-16(5-2)18-15(3)17/h11-12,16H,5,13-14H2,1-3H3/b12-11+/t16-/m1/s1. The van der Waals surface area contributed by atoms with Crippen LogP contribution in [0.25, 0.3) is 0 Å². The van der Waals surface area contributed by atoms with Crippen molar-refractivity contribution >= 4 is 5.97 Å². The summed E-state index contributed by atoms with van der Waals surface area (Å²) in [5.74, 6) is 15.7. The fraction of sp³-hybridized carbons (Fsp3) is 0.438. The van der Waals surface area contributed by atoms with E-state index in [2.05, 4.69) is 35.5 Å². The summed E-state index contributed by atoms with van der Waals surface area (Å²) in [7, 11) is 0. The highest BCUT2D eigenvalue weighted by Crippen LogP contribution is 2.07. The Labute approximate surface area is 110 Å². The third-order valence-corrected chi connectivity index (χ3v) is 2.03. The number of carbonyl (C=O) groups excluding carboxylic acids is 1. The van der Waals surface area contributed by atoms with E-state index in [1.807, 2.05) is 13.0 Å². The fourth-order valence-electron chi connectivity index (χ4n) is 1.21. The van der Waals surface area contributed by atoms with Gasteiger partial charge in [-0.05, 0) is 55.9 Å². The van der Waals surface area contributed by atoms with Gasteiger partial charge in [-0.2, -0.15) is 0 Å². The number of esters is 1. The van der Waals surface area contributed by atoms with Crippen molar-refractivity contribution in [3.8, 4) is 35.5 Å². The fourth-order valence-corrected chi connectivity index (χ4v) is 1.21. The molecule has 0 heterocycles. The summed E-state index contributed by atoms with van der Waals surface area (Å²) in [5, 5.41) is 0. The Morgan fingerprint density at radius 3 is 2.61 bits per heavy atom. The summed E-state index contributed by atoms with van der Waals surface area (Å²) in [6.45, 7) is 5.17. The zero-order chi connectivity index (χ0) is 13.6. The second-order valence-corrected chi connectivity index (χ2v) is 3.51. The van der Waals surface area contributed by atoms with Crippen LogP contribution in [0.3, 0.4) is 0 Å². The van der Waals surface area contributed by atoms with Crippen LogP contribution >= 0.6 is 0 Å². The first-order valence-corrected chi connectivity index (χ1v) is 5.95. The van der Waals surface area contributed by atoms with Crippen LogP contribution in [-0.4, -0.2) is 12.1 Å². The van der Waals surface area contributed by atoms with Gasteiger partial charge < -0.3 is 4.74 Å². The third kappa shape index (κ3) is 10.4. The molecule has 2 heteroatoms. The highest BCUT2D eigenvalue weighted by Gasteiger charge is 2.07. The zero-order valence-corrected chi connectivity index (χ0v) is 11.2. The topological polar surface area (TPSA) is 26.3 Å². The monoisotopic (exact) mass is 242 g/mol. The van der Waals surface area contributed by atoms with E-state index in [0.29, 0.717) is 0 Å². The lowest BCUT2D eigenvalue weighted by Crippen LogP contribution is -2.14. The SMILES string of the molecule is CC#CC#CC#C/C=C/CC[C@@H](CC)OC(C)=O. The molecule has 0 amide bonds. The van der Waals surface area contributed by atoms with Gasteiger partial charge in [-0.25, -0.2) is 0 Å². The van der Waals surface area contributed by atoms with Gasteiger partial charge >= 0.3 is 5.97 Å². The van der Waals surface area contributed by atoms with E-state index in [-0.39, 0.29) is 12.1 Å². The molecule has 0 rings (SSSR count). The maximum absolute atomic E-state index is 10.8. The molecule has 18 heavy (non-hydrogen) atoms. The van der Waals surface area contributed by atoms with E-state index in [4.69, 9.17) is 4.74 Å². The Balaban J connectivity index is 3.91. The van der Waals surface area contributed by atoms with Gasteiger partial charge in [0.05, 0.1) is 0 Å². The first-order valence-electron chi connectivity index (χ1n) is 5.95. The molecule has 0 fully saturated rings. The van der Waals surface area contributed by atoms with E-state index in [1.54, 1.807) is 13.0 Å². The van der Waals surface area contributed by atoms with Gasteiger partial charge in [0.15, 0.2) is 0 Å². The van der Waals surface area contributed by atoms with Crippen LogP contribution in [0.15, 0.2) is 12.2 Å². The molecule has 0 aliphatic heterocycles. The first kappa shape index (κ1) is 15.9. The predicted octanol–water partition coefficient (Wildman–Crippen LogP) is 2.69. The zero-order valence-electron chi connectivity index (χ0n) is 11.2. The Hall–Kier alpha value is -2.11. The van der Waals surface area contributed by atoms with Crippen LogP contribution in [-0.2, 0) is 9.53 Å². The second kappa shape index (κ2) is 11.4. The maximum atomic E-state index is 10.8. The van der Waals surface area contributed by atoms with Gasteiger partial charge in [-0.15, -0.1) is 0 Å². The molecule has 1 atom stereocenters. The van der Waals surface area contributed by atoms with Crippen molar-refractivity contribution in [2.75, 3.05) is 0 Å². The van der Waals surface area contributed by atoms with Crippen LogP contribution in [0.5, 0.6) is 0 Å². The van der Waals surface area contributed by atoms with Gasteiger partial charge in [0, 0.05) is 6.92 Å². The predicted molar refractivity (Wildman–Crippen MR) is 73.2 cm³/mol. The minimum absolute atomic E-state index is 0.000251. The molecule has 0 N–H and O–H groups in total. The lowest BCUT2D eigenvalue weighted by atomic mass is 10.1. The van der Waals surface area contributed by atoms with Crippen molar-refractivity contribution in [2.24, 2.45) is 0 Å². The quantitative estimate of drug-likeness (QED) is 0.547. The van der Waals surface area contributed by atoms with Crippen molar-refractivity contribution in [2.45, 2.75) is 46.1 Å². The van der Waals surface area contributed by atoms with E-state index in [9.17, 15) is 4.79 Å². The summed E-state index contributed by atoms with van der Waals surface area (Å²) in [6.07, 6.45) is 6.20. The highest BCUT2D eigenvalue weighted by atomic mass is 16.5. The largest absolute Gasteiger partial charge is 0.463 e. The highest BCUT2D eigenvalue weighted by molar-refractivity contribution is 5.66. The summed E-state index contributed by atoms with van der Waals surface area (Å²) >= 11 is 0. The molecule has 0 aromatic rings. The molecule has 0 bridgehead atoms. The minimum Gasteiger partial charge on any atom is -0.463 e. The van der Waals surface area contributed by atoms with Gasteiger partial charge in [-0.1, -0.05) is 24.8 Å². The van der Waals surface area contributed by atoms with Crippen LogP contribution in [0, 0.1) is 35.5 Å². The molecule has 0 saturated carbocycles. The van der Waals surface area contributed by atoms with Crippen molar-refractivity contribution in [1.29, 1.82) is 0 Å². The number of hydrogen-bond acceptors (Lipinski definition) is 2. The molecule has 0 aliphatic carbocycles. The average molecular weight is 242 g/mol. The first-order chi connectivity index (χ1) is 8.70. The molecule has 0 spiro atoms. The molecular weight excluding hydrogens is 224 g/mol. The summed E-state index contributed by atoms with van der Waals surface area (Å²) in [5.41, 5.74) is 0. The number of allylic oxidation sites excluding steroid dienone is 2. The Morgan fingerprint density at radius 2 is 2.00 bits per heavy atom. The Morgan fingerprint density at radius 1 is 1.28 bits per heavy atom. The third-order valence-electron chi connectivity index (χ3n) is 2.03. The summed E-state index contributed by atoms with van der Waals surface area (Å²) < 4.78 is 5.13. The van der Waals surface area contributed by atoms with Gasteiger partial charge in [-0.3, -0.25) is 4.79 Å². The van der Waals surface area contributed by atoms with Gasteiger partial charge in [0.2, 0.25) is 0 Å². The number of ether oxygens (including phenoxy) is 1. The molecule has 0 aromatic heterocycles. The number of carbonyl (C=O) groups is 1. The van der Waals surface area contributed by atoms with Crippen LogP contribution in [0.2, 0.25) is 0 Å². The Bertz CT molecular complexity index is 453. The summed E-state index contributed by atoms with van der Waals surface area (Å²) in [6, 6.07) is 0. The van der Waals surface area contributed by atoms with Crippen molar-refractivity contribution in [3.05, 3.63) is 12.2 Å². The normalized spacial score (nSPS) is 10.2. The van der Waals surface area contributed by atoms with Crippen molar-refractivity contribution in [1.82, 2.24) is 0 Å². The maximum Gasteiger partial charge on any atom is 0.302 e. The molecule has 0 aromatic carbocycles. The minimum atomic E-state index is -0.224.